The Morgan fingerprint density at radius 3 is 2.87 bits per heavy atom. The first-order valence-electron chi connectivity index (χ1n) is 4.90. The number of hydrogen-bond acceptors (Lipinski definition) is 3. The molecule has 2 aromatic heterocycles. The summed E-state index contributed by atoms with van der Waals surface area (Å²) in [7, 11) is 0. The van der Waals surface area contributed by atoms with Gasteiger partial charge in [-0.2, -0.15) is 0 Å². The maximum absolute atomic E-state index is 9.97. The largest absolute Gasteiger partial charge is 0.466 e. The Morgan fingerprint density at radius 2 is 2.33 bits per heavy atom. The summed E-state index contributed by atoms with van der Waals surface area (Å²) in [6, 6.07) is 1.86. The summed E-state index contributed by atoms with van der Waals surface area (Å²) in [6.45, 7) is 3.73. The average Bonchev–Trinajstić information content (AvgIpc) is 2.75. The van der Waals surface area contributed by atoms with Gasteiger partial charge in [-0.3, -0.25) is 0 Å². The monoisotopic (exact) mass is 206 g/mol. The van der Waals surface area contributed by atoms with E-state index in [1.54, 1.807) is 12.4 Å². The highest BCUT2D eigenvalue weighted by molar-refractivity contribution is 5.23. The molecular formula is C11H14N2O2. The number of H-pyrrole nitrogens is 1. The summed E-state index contributed by atoms with van der Waals surface area (Å²) < 4.78 is 5.36. The van der Waals surface area contributed by atoms with Crippen molar-refractivity contribution in [2.75, 3.05) is 0 Å². The van der Waals surface area contributed by atoms with Crippen LogP contribution < -0.4 is 0 Å². The van der Waals surface area contributed by atoms with Crippen LogP contribution in [0.15, 0.2) is 22.9 Å². The number of aliphatic hydroxyl groups is 1. The number of aromatic amines is 1. The molecule has 1 atom stereocenters. The lowest BCUT2D eigenvalue weighted by Crippen LogP contribution is -2.03. The van der Waals surface area contributed by atoms with E-state index in [-0.39, 0.29) is 0 Å². The average molecular weight is 206 g/mol. The molecule has 0 aliphatic heterocycles. The standard InChI is InChI=1S/C11H14N2O2/c1-7-5-9(8(2)15-7)10(14)6-11-12-3-4-13-11/h3-5,10,14H,6H2,1-2H3,(H,12,13). The van der Waals surface area contributed by atoms with Crippen LogP contribution in [-0.4, -0.2) is 15.1 Å². The number of nitrogens with one attached hydrogen (secondary N) is 1. The molecule has 0 amide bonds. The van der Waals surface area contributed by atoms with Crippen molar-refractivity contribution in [2.45, 2.75) is 26.4 Å². The first-order chi connectivity index (χ1) is 7.16. The molecule has 0 radical (unpaired) electrons. The molecule has 2 rings (SSSR count). The number of imidazole rings is 1. The SMILES string of the molecule is Cc1cc(C(O)Cc2ncc[nH]2)c(C)o1. The second-order valence-electron chi connectivity index (χ2n) is 3.62. The molecule has 0 saturated carbocycles. The number of rotatable bonds is 3. The van der Waals surface area contributed by atoms with Gasteiger partial charge in [0.25, 0.3) is 0 Å². The van der Waals surface area contributed by atoms with Gasteiger partial charge in [0.15, 0.2) is 0 Å². The maximum Gasteiger partial charge on any atom is 0.108 e. The van der Waals surface area contributed by atoms with Gasteiger partial charge in [-0.15, -0.1) is 0 Å². The van der Waals surface area contributed by atoms with Crippen LogP contribution in [0.5, 0.6) is 0 Å². The fourth-order valence-corrected chi connectivity index (χ4v) is 1.68. The van der Waals surface area contributed by atoms with E-state index in [9.17, 15) is 5.11 Å². The number of nitrogens with zero attached hydrogens (tertiary/aromatic N) is 1. The molecule has 4 nitrogen and oxygen atoms in total. The molecule has 0 saturated heterocycles. The summed E-state index contributed by atoms with van der Waals surface area (Å²) in [4.78, 5) is 7.03. The number of aliphatic hydroxyl groups excluding tert-OH is 1. The topological polar surface area (TPSA) is 62.1 Å². The van der Waals surface area contributed by atoms with Gasteiger partial charge in [0.2, 0.25) is 0 Å². The lowest BCUT2D eigenvalue weighted by molar-refractivity contribution is 0.174. The van der Waals surface area contributed by atoms with Crippen LogP contribution in [0.4, 0.5) is 0 Å². The third-order valence-electron chi connectivity index (χ3n) is 2.38. The van der Waals surface area contributed by atoms with Crippen molar-refractivity contribution in [3.05, 3.63) is 41.4 Å². The van der Waals surface area contributed by atoms with E-state index in [2.05, 4.69) is 9.97 Å². The van der Waals surface area contributed by atoms with Gasteiger partial charge >= 0.3 is 0 Å². The predicted octanol–water partition coefficient (Wildman–Crippen LogP) is 1.90. The van der Waals surface area contributed by atoms with Gasteiger partial charge in [-0.25, -0.2) is 4.98 Å². The summed E-state index contributed by atoms with van der Waals surface area (Å²) in [5, 5.41) is 9.97. The Labute approximate surface area is 88.0 Å². The molecule has 2 heterocycles. The van der Waals surface area contributed by atoms with Crippen molar-refractivity contribution < 1.29 is 9.52 Å². The minimum Gasteiger partial charge on any atom is -0.466 e. The van der Waals surface area contributed by atoms with Gasteiger partial charge in [0, 0.05) is 24.4 Å². The van der Waals surface area contributed by atoms with Crippen molar-refractivity contribution in [3.8, 4) is 0 Å². The molecule has 2 aromatic rings. The molecule has 0 aliphatic carbocycles. The molecule has 2 N–H and O–H groups in total. The number of hydrogen-bond donors (Lipinski definition) is 2. The fraction of sp³-hybridized carbons (Fsp3) is 0.364. The summed E-state index contributed by atoms with van der Waals surface area (Å²) in [5.74, 6) is 2.37. The zero-order chi connectivity index (χ0) is 10.8. The second-order valence-corrected chi connectivity index (χ2v) is 3.62. The van der Waals surface area contributed by atoms with E-state index in [1.165, 1.54) is 0 Å². The maximum atomic E-state index is 9.97. The van der Waals surface area contributed by atoms with E-state index in [4.69, 9.17) is 4.42 Å². The smallest absolute Gasteiger partial charge is 0.108 e. The first kappa shape index (κ1) is 9.98. The van der Waals surface area contributed by atoms with E-state index in [1.807, 2.05) is 19.9 Å². The molecule has 0 aromatic carbocycles. The van der Waals surface area contributed by atoms with Gasteiger partial charge < -0.3 is 14.5 Å². The van der Waals surface area contributed by atoms with Crippen molar-refractivity contribution in [1.82, 2.24) is 9.97 Å². The Balaban J connectivity index is 2.14. The third-order valence-corrected chi connectivity index (χ3v) is 2.38. The van der Waals surface area contributed by atoms with Crippen molar-refractivity contribution in [2.24, 2.45) is 0 Å². The Kier molecular flexibility index (Phi) is 2.60. The Hall–Kier alpha value is -1.55. The third kappa shape index (κ3) is 2.10. The highest BCUT2D eigenvalue weighted by Crippen LogP contribution is 2.23. The van der Waals surface area contributed by atoms with Crippen LogP contribution in [0, 0.1) is 13.8 Å². The molecule has 0 bridgehead atoms. The quantitative estimate of drug-likeness (QED) is 0.806. The zero-order valence-electron chi connectivity index (χ0n) is 8.82. The first-order valence-corrected chi connectivity index (χ1v) is 4.90. The van der Waals surface area contributed by atoms with E-state index < -0.39 is 6.10 Å². The van der Waals surface area contributed by atoms with Crippen LogP contribution >= 0.6 is 0 Å². The summed E-state index contributed by atoms with van der Waals surface area (Å²) >= 11 is 0. The van der Waals surface area contributed by atoms with Crippen LogP contribution in [0.1, 0.15) is 29.0 Å². The van der Waals surface area contributed by atoms with Crippen LogP contribution in [0.3, 0.4) is 0 Å². The fourth-order valence-electron chi connectivity index (χ4n) is 1.68. The van der Waals surface area contributed by atoms with Gasteiger partial charge in [0.1, 0.15) is 17.3 Å². The minimum absolute atomic E-state index is 0.479. The molecule has 15 heavy (non-hydrogen) atoms. The number of furan rings is 1. The van der Waals surface area contributed by atoms with E-state index in [0.717, 1.165) is 22.9 Å². The van der Waals surface area contributed by atoms with Gasteiger partial charge in [-0.1, -0.05) is 0 Å². The van der Waals surface area contributed by atoms with E-state index >= 15 is 0 Å². The van der Waals surface area contributed by atoms with Crippen LogP contribution in [0.25, 0.3) is 0 Å². The minimum atomic E-state index is -0.561. The lowest BCUT2D eigenvalue weighted by Gasteiger charge is -2.06. The highest BCUT2D eigenvalue weighted by Gasteiger charge is 2.15. The number of aryl methyl sites for hydroxylation is 2. The van der Waals surface area contributed by atoms with E-state index in [0.29, 0.717) is 6.42 Å². The Morgan fingerprint density at radius 1 is 1.53 bits per heavy atom. The second kappa shape index (κ2) is 3.90. The molecule has 80 valence electrons. The molecular weight excluding hydrogens is 192 g/mol. The van der Waals surface area contributed by atoms with Crippen molar-refractivity contribution >= 4 is 0 Å². The molecule has 0 aliphatic rings. The lowest BCUT2D eigenvalue weighted by atomic mass is 10.1. The number of aromatic nitrogens is 2. The molecule has 1 unspecified atom stereocenters. The van der Waals surface area contributed by atoms with Gasteiger partial charge in [-0.05, 0) is 19.9 Å². The summed E-state index contributed by atoms with van der Waals surface area (Å²) in [6.07, 6.45) is 3.34. The molecule has 0 spiro atoms. The summed E-state index contributed by atoms with van der Waals surface area (Å²) in [5.41, 5.74) is 0.837. The highest BCUT2D eigenvalue weighted by atomic mass is 16.3. The zero-order valence-corrected chi connectivity index (χ0v) is 8.82. The van der Waals surface area contributed by atoms with Crippen LogP contribution in [-0.2, 0) is 6.42 Å². The molecule has 4 heteroatoms. The normalized spacial score (nSPS) is 13.0. The van der Waals surface area contributed by atoms with Crippen molar-refractivity contribution in [1.29, 1.82) is 0 Å². The van der Waals surface area contributed by atoms with Gasteiger partial charge in [0.05, 0.1) is 6.10 Å². The van der Waals surface area contributed by atoms with Crippen molar-refractivity contribution in [3.63, 3.8) is 0 Å². The Bertz CT molecular complexity index is 431. The predicted molar refractivity (Wildman–Crippen MR) is 55.4 cm³/mol. The molecule has 0 fully saturated rings. The van der Waals surface area contributed by atoms with Crippen LogP contribution in [0.2, 0.25) is 0 Å².